The van der Waals surface area contributed by atoms with Crippen molar-refractivity contribution in [1.29, 1.82) is 0 Å². The summed E-state index contributed by atoms with van der Waals surface area (Å²) in [7, 11) is 0. The Morgan fingerprint density at radius 2 is 1.94 bits per heavy atom. The smallest absolute Gasteiger partial charge is 0.223 e. The quantitative estimate of drug-likeness (QED) is 0.442. The van der Waals surface area contributed by atoms with Crippen molar-refractivity contribution >= 4 is 27.9 Å². The molecular weight excluding hydrogens is 436 g/mol. The number of hydrogen-bond donors (Lipinski definition) is 1. The van der Waals surface area contributed by atoms with E-state index < -0.39 is 0 Å². The number of fused-ring (bicyclic) bond motifs is 7. The molecule has 188 valence electrons. The fourth-order valence-corrected chi connectivity index (χ4v) is 10.3. The summed E-state index contributed by atoms with van der Waals surface area (Å²) in [6.07, 6.45) is 16.1. The molecule has 2 saturated carbocycles. The van der Waals surface area contributed by atoms with Crippen LogP contribution >= 0.6 is 11.3 Å². The van der Waals surface area contributed by atoms with Crippen molar-refractivity contribution in [2.24, 2.45) is 46.3 Å². The van der Waals surface area contributed by atoms with Crippen LogP contribution in [0.3, 0.4) is 0 Å². The minimum Gasteiger partial charge on any atom is -0.302 e. The van der Waals surface area contributed by atoms with Crippen LogP contribution in [0.1, 0.15) is 110 Å². The van der Waals surface area contributed by atoms with E-state index in [2.05, 4.69) is 46.0 Å². The summed E-state index contributed by atoms with van der Waals surface area (Å²) in [5.41, 5.74) is 3.60. The zero-order valence-corrected chi connectivity index (χ0v) is 23.2. The Hall–Kier alpha value is -1.16. The summed E-state index contributed by atoms with van der Waals surface area (Å²) in [5, 5.41) is 3.72. The normalized spacial score (nSPS) is 37.3. The largest absolute Gasteiger partial charge is 0.302 e. The lowest BCUT2D eigenvalue weighted by atomic mass is 9.47. The van der Waals surface area contributed by atoms with Gasteiger partial charge in [-0.05, 0) is 96.9 Å². The highest BCUT2D eigenvalue weighted by molar-refractivity contribution is 7.17. The minimum absolute atomic E-state index is 0.0210. The summed E-state index contributed by atoms with van der Waals surface area (Å²) < 4.78 is 0. The lowest BCUT2D eigenvalue weighted by Crippen LogP contribution is -2.49. The first kappa shape index (κ1) is 24.5. The molecule has 0 aliphatic heterocycles. The number of amides is 1. The molecule has 0 radical (unpaired) electrons. The molecule has 0 aromatic carbocycles. The number of allylic oxidation sites excluding steroid dienone is 2. The maximum Gasteiger partial charge on any atom is 0.223 e. The van der Waals surface area contributed by atoms with E-state index >= 15 is 0 Å². The predicted octanol–water partition coefficient (Wildman–Crippen LogP) is 8.36. The van der Waals surface area contributed by atoms with Gasteiger partial charge in [0.05, 0.1) is 10.6 Å². The molecule has 1 aromatic heterocycles. The summed E-state index contributed by atoms with van der Waals surface area (Å²) >= 11 is 1.71. The summed E-state index contributed by atoms with van der Waals surface area (Å²) in [6.45, 7) is 14.1. The highest BCUT2D eigenvalue weighted by atomic mass is 32.1. The second-order valence-corrected chi connectivity index (χ2v) is 14.2. The van der Waals surface area contributed by atoms with E-state index in [-0.39, 0.29) is 11.3 Å². The SMILES string of the molecule is CC(=O)Nc1nc2c(s1)C1=CC[C@H]3[C@@H]4CC[C@H]([C@H](C)CCCC(C)C)[C@@]4(C)CC[C@@H]3[C@@]1(C)CC2. The van der Waals surface area contributed by atoms with Gasteiger partial charge in [0, 0.05) is 6.92 Å². The maximum atomic E-state index is 11.6. The molecule has 4 aliphatic carbocycles. The van der Waals surface area contributed by atoms with Gasteiger partial charge < -0.3 is 5.32 Å². The number of rotatable bonds is 6. The molecule has 3 nitrogen and oxygen atoms in total. The third-order valence-corrected chi connectivity index (χ3v) is 11.8. The second-order valence-electron chi connectivity index (χ2n) is 13.2. The topological polar surface area (TPSA) is 42.0 Å². The number of nitrogens with one attached hydrogen (secondary N) is 1. The number of nitrogens with zero attached hydrogens (tertiary/aromatic N) is 1. The summed E-state index contributed by atoms with van der Waals surface area (Å²) in [6, 6.07) is 0. The molecule has 1 heterocycles. The van der Waals surface area contributed by atoms with Crippen LogP contribution < -0.4 is 5.32 Å². The molecule has 4 aliphatic rings. The van der Waals surface area contributed by atoms with Gasteiger partial charge in [-0.2, -0.15) is 0 Å². The number of carbonyl (C=O) groups excluding carboxylic acids is 1. The summed E-state index contributed by atoms with van der Waals surface area (Å²) in [5.74, 6) is 5.16. The molecule has 0 saturated heterocycles. The lowest BCUT2D eigenvalue weighted by Gasteiger charge is -2.57. The van der Waals surface area contributed by atoms with Crippen LogP contribution in [-0.4, -0.2) is 10.9 Å². The van der Waals surface area contributed by atoms with Crippen LogP contribution in [-0.2, 0) is 11.2 Å². The first-order valence-corrected chi connectivity index (χ1v) is 14.9. The molecule has 1 amide bonds. The Labute approximate surface area is 211 Å². The zero-order chi connectivity index (χ0) is 24.3. The van der Waals surface area contributed by atoms with Crippen LogP contribution in [0.2, 0.25) is 0 Å². The number of carbonyl (C=O) groups is 1. The molecule has 1 aromatic rings. The number of thiazole rings is 1. The van der Waals surface area contributed by atoms with Gasteiger partial charge >= 0.3 is 0 Å². The average Bonchev–Trinajstić information content (AvgIpc) is 3.32. The number of aryl methyl sites for hydroxylation is 1. The van der Waals surface area contributed by atoms with Gasteiger partial charge in [-0.3, -0.25) is 4.79 Å². The fourth-order valence-electron chi connectivity index (χ4n) is 9.10. The van der Waals surface area contributed by atoms with Crippen molar-refractivity contribution in [1.82, 2.24) is 4.98 Å². The van der Waals surface area contributed by atoms with Crippen molar-refractivity contribution in [3.05, 3.63) is 16.6 Å². The van der Waals surface area contributed by atoms with Crippen molar-refractivity contribution in [2.75, 3.05) is 5.32 Å². The highest BCUT2D eigenvalue weighted by Crippen LogP contribution is 2.68. The average molecular weight is 483 g/mol. The van der Waals surface area contributed by atoms with Crippen molar-refractivity contribution in [3.8, 4) is 0 Å². The molecule has 34 heavy (non-hydrogen) atoms. The molecule has 0 unspecified atom stereocenters. The minimum atomic E-state index is -0.0210. The summed E-state index contributed by atoms with van der Waals surface area (Å²) in [4.78, 5) is 17.8. The Kier molecular flexibility index (Phi) is 6.53. The molecule has 1 N–H and O–H groups in total. The van der Waals surface area contributed by atoms with Gasteiger partial charge in [0.25, 0.3) is 0 Å². The molecule has 2 fully saturated rings. The van der Waals surface area contributed by atoms with Gasteiger partial charge in [0.15, 0.2) is 5.13 Å². The molecule has 0 spiro atoms. The zero-order valence-electron chi connectivity index (χ0n) is 22.4. The van der Waals surface area contributed by atoms with Gasteiger partial charge in [-0.25, -0.2) is 4.98 Å². The van der Waals surface area contributed by atoms with Crippen molar-refractivity contribution in [2.45, 2.75) is 106 Å². The fraction of sp³-hybridized carbons (Fsp3) is 0.800. The number of hydrogen-bond acceptors (Lipinski definition) is 3. The van der Waals surface area contributed by atoms with E-state index in [0.29, 0.717) is 5.41 Å². The molecule has 4 heteroatoms. The van der Waals surface area contributed by atoms with E-state index in [4.69, 9.17) is 4.98 Å². The van der Waals surface area contributed by atoms with Gasteiger partial charge in [-0.1, -0.05) is 71.3 Å². The number of anilines is 1. The molecule has 7 atom stereocenters. The monoisotopic (exact) mass is 482 g/mol. The van der Waals surface area contributed by atoms with Crippen LogP contribution in [0.25, 0.3) is 5.57 Å². The van der Waals surface area contributed by atoms with Crippen LogP contribution in [0, 0.1) is 46.3 Å². The molecule has 0 bridgehead atoms. The van der Waals surface area contributed by atoms with E-state index in [0.717, 1.165) is 47.1 Å². The van der Waals surface area contributed by atoms with E-state index in [1.165, 1.54) is 68.4 Å². The third kappa shape index (κ3) is 4.00. The van der Waals surface area contributed by atoms with E-state index in [9.17, 15) is 4.79 Å². The third-order valence-electron chi connectivity index (χ3n) is 10.8. The Balaban J connectivity index is 1.37. The number of aromatic nitrogens is 1. The van der Waals surface area contributed by atoms with Gasteiger partial charge in [-0.15, -0.1) is 0 Å². The first-order chi connectivity index (χ1) is 16.1. The van der Waals surface area contributed by atoms with Crippen LogP contribution in [0.15, 0.2) is 6.08 Å². The Morgan fingerprint density at radius 3 is 2.68 bits per heavy atom. The van der Waals surface area contributed by atoms with E-state index in [1.54, 1.807) is 23.8 Å². The van der Waals surface area contributed by atoms with Crippen LogP contribution in [0.4, 0.5) is 5.13 Å². The maximum absolute atomic E-state index is 11.6. The second kappa shape index (κ2) is 9.05. The molecular formula is C30H46N2OS. The highest BCUT2D eigenvalue weighted by Gasteiger charge is 2.59. The predicted molar refractivity (Wildman–Crippen MR) is 144 cm³/mol. The van der Waals surface area contributed by atoms with Crippen molar-refractivity contribution in [3.63, 3.8) is 0 Å². The Bertz CT molecular complexity index is 963. The standard InChI is InChI=1S/C30H46N2OS/c1-18(2)8-7-9-19(3)22-12-13-23-21-10-11-25-27-26(32-28(34-27)31-20(4)33)15-17-30(25,6)24(21)14-16-29(22,23)5/h11,18-19,21-24H,7-10,12-17H2,1-6H3,(H,31,32,33)/t19-,21+,22-,23+,24+,29-,30-/m1/s1. The Morgan fingerprint density at radius 1 is 1.15 bits per heavy atom. The van der Waals surface area contributed by atoms with Gasteiger partial charge in [0.1, 0.15) is 0 Å². The van der Waals surface area contributed by atoms with Gasteiger partial charge in [0.2, 0.25) is 5.91 Å². The van der Waals surface area contributed by atoms with E-state index in [1.807, 2.05) is 0 Å². The first-order valence-electron chi connectivity index (χ1n) is 14.1. The van der Waals surface area contributed by atoms with Crippen molar-refractivity contribution < 1.29 is 4.79 Å². The lowest BCUT2D eigenvalue weighted by molar-refractivity contribution is -0.114. The van der Waals surface area contributed by atoms with Crippen LogP contribution in [0.5, 0.6) is 0 Å². The molecule has 5 rings (SSSR count).